The first-order valence-corrected chi connectivity index (χ1v) is 10.3. The van der Waals surface area contributed by atoms with Gasteiger partial charge in [0.15, 0.2) is 11.5 Å². The van der Waals surface area contributed by atoms with Crippen molar-refractivity contribution < 1.29 is 13.7 Å². The molecule has 0 bridgehead atoms. The molecule has 0 atom stereocenters. The summed E-state index contributed by atoms with van der Waals surface area (Å²) < 4.78 is 10.6. The fraction of sp³-hybridized carbons (Fsp3) is 0.429. The van der Waals surface area contributed by atoms with Crippen molar-refractivity contribution in [1.29, 1.82) is 0 Å². The van der Waals surface area contributed by atoms with Gasteiger partial charge in [0, 0.05) is 57.1 Å². The smallest absolute Gasteiger partial charge is 0.276 e. The van der Waals surface area contributed by atoms with Gasteiger partial charge < -0.3 is 23.6 Å². The topological polar surface area (TPSA) is 91.7 Å². The minimum absolute atomic E-state index is 0.140. The third-order valence-electron chi connectivity index (χ3n) is 5.60. The number of hydrogen-bond acceptors (Lipinski definition) is 8. The molecule has 0 saturated carbocycles. The van der Waals surface area contributed by atoms with Gasteiger partial charge in [-0.25, -0.2) is 4.98 Å². The van der Waals surface area contributed by atoms with Gasteiger partial charge in [-0.1, -0.05) is 5.16 Å². The number of hydrogen-bond donors (Lipinski definition) is 0. The number of rotatable bonds is 4. The van der Waals surface area contributed by atoms with Crippen LogP contribution in [0.3, 0.4) is 0 Å². The molecule has 3 aromatic heterocycles. The lowest BCUT2D eigenvalue weighted by Gasteiger charge is -2.34. The zero-order valence-electron chi connectivity index (χ0n) is 17.0. The van der Waals surface area contributed by atoms with E-state index >= 15 is 0 Å². The van der Waals surface area contributed by atoms with Crippen LogP contribution >= 0.6 is 0 Å². The quantitative estimate of drug-likeness (QED) is 0.651. The highest BCUT2D eigenvalue weighted by molar-refractivity contribution is 5.93. The maximum atomic E-state index is 12.8. The molecule has 2 fully saturated rings. The van der Waals surface area contributed by atoms with Gasteiger partial charge in [-0.05, 0) is 31.9 Å². The average molecular weight is 408 g/mol. The third kappa shape index (κ3) is 3.62. The summed E-state index contributed by atoms with van der Waals surface area (Å²) in [6.45, 7) is 6.63. The van der Waals surface area contributed by atoms with Crippen molar-refractivity contribution in [2.75, 3.05) is 49.1 Å². The molecule has 0 aliphatic carbocycles. The molecule has 5 rings (SSSR count). The number of furan rings is 1. The Labute approximate surface area is 174 Å². The van der Waals surface area contributed by atoms with Crippen LogP contribution in [-0.2, 0) is 0 Å². The highest BCUT2D eigenvalue weighted by atomic mass is 16.5. The summed E-state index contributed by atoms with van der Waals surface area (Å²) in [7, 11) is 0. The molecule has 9 nitrogen and oxygen atoms in total. The van der Waals surface area contributed by atoms with Gasteiger partial charge in [0.25, 0.3) is 5.91 Å². The van der Waals surface area contributed by atoms with Crippen molar-refractivity contribution in [3.05, 3.63) is 41.9 Å². The lowest BCUT2D eigenvalue weighted by atomic mass is 10.2. The van der Waals surface area contributed by atoms with Gasteiger partial charge >= 0.3 is 0 Å². The molecular formula is C21H24N6O3. The summed E-state index contributed by atoms with van der Waals surface area (Å²) in [5.41, 5.74) is 1.26. The number of amides is 1. The van der Waals surface area contributed by atoms with Gasteiger partial charge in [-0.15, -0.1) is 0 Å². The van der Waals surface area contributed by atoms with E-state index in [9.17, 15) is 4.79 Å². The molecule has 5 heterocycles. The van der Waals surface area contributed by atoms with E-state index in [0.717, 1.165) is 30.5 Å². The number of anilines is 2. The molecule has 2 aliphatic heterocycles. The second kappa shape index (κ2) is 7.81. The minimum Gasteiger partial charge on any atom is -0.461 e. The van der Waals surface area contributed by atoms with Crippen LogP contribution < -0.4 is 9.80 Å². The molecule has 2 aliphatic rings. The predicted octanol–water partition coefficient (Wildman–Crippen LogP) is 2.60. The van der Waals surface area contributed by atoms with Crippen molar-refractivity contribution in [3.63, 3.8) is 0 Å². The summed E-state index contributed by atoms with van der Waals surface area (Å²) >= 11 is 0. The SMILES string of the molecule is Cc1cc(N2CCCC2)nc(N2CCN(C(=O)c3cc(-c4ccco4)on3)CC2)n1. The summed E-state index contributed by atoms with van der Waals surface area (Å²) in [5, 5.41) is 3.92. The molecule has 9 heteroatoms. The van der Waals surface area contributed by atoms with Crippen LogP contribution in [-0.4, -0.2) is 65.2 Å². The fourth-order valence-electron chi connectivity index (χ4n) is 3.97. The van der Waals surface area contributed by atoms with Crippen molar-refractivity contribution in [3.8, 4) is 11.5 Å². The van der Waals surface area contributed by atoms with Crippen LogP contribution in [0.15, 0.2) is 39.5 Å². The van der Waals surface area contributed by atoms with E-state index in [4.69, 9.17) is 13.9 Å². The molecule has 156 valence electrons. The Balaban J connectivity index is 1.25. The first-order valence-electron chi connectivity index (χ1n) is 10.3. The van der Waals surface area contributed by atoms with Crippen molar-refractivity contribution in [1.82, 2.24) is 20.0 Å². The number of aromatic nitrogens is 3. The monoisotopic (exact) mass is 408 g/mol. The first kappa shape index (κ1) is 18.7. The maximum Gasteiger partial charge on any atom is 0.276 e. The average Bonchev–Trinajstić information content (AvgIpc) is 3.55. The summed E-state index contributed by atoms with van der Waals surface area (Å²) in [5.74, 6) is 2.60. The Bertz CT molecular complexity index is 1020. The van der Waals surface area contributed by atoms with Crippen molar-refractivity contribution in [2.45, 2.75) is 19.8 Å². The number of carbonyl (C=O) groups excluding carboxylic acids is 1. The van der Waals surface area contributed by atoms with Crippen LogP contribution in [0.1, 0.15) is 29.0 Å². The Hall–Kier alpha value is -3.36. The molecule has 30 heavy (non-hydrogen) atoms. The zero-order valence-corrected chi connectivity index (χ0v) is 17.0. The highest BCUT2D eigenvalue weighted by Gasteiger charge is 2.27. The number of nitrogens with zero attached hydrogens (tertiary/aromatic N) is 6. The van der Waals surface area contributed by atoms with Gasteiger partial charge in [-0.2, -0.15) is 4.98 Å². The second-order valence-corrected chi connectivity index (χ2v) is 7.69. The van der Waals surface area contributed by atoms with Gasteiger partial charge in [-0.3, -0.25) is 4.79 Å². The fourth-order valence-corrected chi connectivity index (χ4v) is 3.97. The van der Waals surface area contributed by atoms with Crippen LogP contribution in [0.4, 0.5) is 11.8 Å². The lowest BCUT2D eigenvalue weighted by molar-refractivity contribution is 0.0736. The number of aryl methyl sites for hydroxylation is 1. The standard InChI is InChI=1S/C21H24N6O3/c1-15-13-19(25-6-2-3-7-25)23-21(22-15)27-10-8-26(9-11-27)20(28)16-14-18(30-24-16)17-5-4-12-29-17/h4-5,12-14H,2-3,6-11H2,1H3. The Morgan fingerprint density at radius 2 is 1.77 bits per heavy atom. The molecule has 0 aromatic carbocycles. The van der Waals surface area contributed by atoms with Crippen LogP contribution in [0.25, 0.3) is 11.5 Å². The van der Waals surface area contributed by atoms with Gasteiger partial charge in [0.2, 0.25) is 11.7 Å². The normalized spacial score (nSPS) is 17.0. The molecule has 2 saturated heterocycles. The largest absolute Gasteiger partial charge is 0.461 e. The van der Waals surface area contributed by atoms with E-state index < -0.39 is 0 Å². The van der Waals surface area contributed by atoms with E-state index in [0.29, 0.717) is 37.7 Å². The van der Waals surface area contributed by atoms with Crippen molar-refractivity contribution >= 4 is 17.7 Å². The molecule has 0 spiro atoms. The maximum absolute atomic E-state index is 12.8. The minimum atomic E-state index is -0.140. The highest BCUT2D eigenvalue weighted by Crippen LogP contribution is 2.24. The van der Waals surface area contributed by atoms with Gasteiger partial charge in [0.05, 0.1) is 6.26 Å². The van der Waals surface area contributed by atoms with Crippen LogP contribution in [0.2, 0.25) is 0 Å². The zero-order chi connectivity index (χ0) is 20.5. The van der Waals surface area contributed by atoms with Crippen LogP contribution in [0.5, 0.6) is 0 Å². The summed E-state index contributed by atoms with van der Waals surface area (Å²) in [6.07, 6.45) is 3.98. The Kier molecular flexibility index (Phi) is 4.86. The third-order valence-corrected chi connectivity index (χ3v) is 5.60. The summed E-state index contributed by atoms with van der Waals surface area (Å²) in [6, 6.07) is 7.21. The molecule has 3 aromatic rings. The molecule has 1 amide bonds. The predicted molar refractivity (Wildman–Crippen MR) is 111 cm³/mol. The Morgan fingerprint density at radius 1 is 0.967 bits per heavy atom. The number of piperazine rings is 1. The summed E-state index contributed by atoms with van der Waals surface area (Å²) in [4.78, 5) is 28.5. The lowest BCUT2D eigenvalue weighted by Crippen LogP contribution is -2.49. The molecule has 0 unspecified atom stereocenters. The van der Waals surface area contributed by atoms with E-state index in [-0.39, 0.29) is 11.6 Å². The second-order valence-electron chi connectivity index (χ2n) is 7.69. The van der Waals surface area contributed by atoms with E-state index in [2.05, 4.69) is 26.0 Å². The van der Waals surface area contributed by atoms with Crippen LogP contribution in [0, 0.1) is 6.92 Å². The molecular weight excluding hydrogens is 384 g/mol. The van der Waals surface area contributed by atoms with Gasteiger partial charge in [0.1, 0.15) is 5.82 Å². The van der Waals surface area contributed by atoms with Crippen molar-refractivity contribution in [2.24, 2.45) is 0 Å². The van der Waals surface area contributed by atoms with E-state index in [1.807, 2.05) is 6.92 Å². The van der Waals surface area contributed by atoms with E-state index in [1.54, 1.807) is 29.4 Å². The molecule has 0 N–H and O–H groups in total. The first-order chi connectivity index (χ1) is 14.7. The van der Waals surface area contributed by atoms with E-state index in [1.165, 1.54) is 12.8 Å². The molecule has 0 radical (unpaired) electrons. The Morgan fingerprint density at radius 3 is 2.50 bits per heavy atom. The number of carbonyl (C=O) groups is 1.